The highest BCUT2D eigenvalue weighted by Crippen LogP contribution is 2.13. The van der Waals surface area contributed by atoms with Crippen LogP contribution in [0.4, 0.5) is 17.3 Å². The zero-order valence-corrected chi connectivity index (χ0v) is 12.7. The lowest BCUT2D eigenvalue weighted by atomic mass is 10.2. The highest BCUT2D eigenvalue weighted by Gasteiger charge is 2.08. The van der Waals surface area contributed by atoms with Gasteiger partial charge in [-0.05, 0) is 36.8 Å². The van der Waals surface area contributed by atoms with Crippen molar-refractivity contribution < 1.29 is 4.79 Å². The molecule has 0 aliphatic rings. The summed E-state index contributed by atoms with van der Waals surface area (Å²) in [5.41, 5.74) is 3.14. The second-order valence-corrected chi connectivity index (χ2v) is 5.11. The average molecular weight is 304 g/mol. The minimum Gasteiger partial charge on any atom is -0.324 e. The van der Waals surface area contributed by atoms with Gasteiger partial charge in [0.1, 0.15) is 0 Å². The van der Waals surface area contributed by atoms with Crippen molar-refractivity contribution in [2.24, 2.45) is 0 Å². The van der Waals surface area contributed by atoms with Crippen molar-refractivity contribution in [1.29, 1.82) is 0 Å². The normalized spacial score (nSPS) is 10.1. The Morgan fingerprint density at radius 3 is 2.30 bits per heavy atom. The lowest BCUT2D eigenvalue weighted by molar-refractivity contribution is 0.102. The van der Waals surface area contributed by atoms with Crippen LogP contribution in [0.5, 0.6) is 0 Å². The maximum Gasteiger partial charge on any atom is 0.258 e. The number of aromatic nitrogens is 2. The maximum atomic E-state index is 12.2. The monoisotopic (exact) mass is 304 g/mol. The molecule has 1 heterocycles. The fraction of sp³-hybridized carbons (Fsp3) is 0.0556. The predicted octanol–water partition coefficient (Wildman–Crippen LogP) is 3.78. The summed E-state index contributed by atoms with van der Waals surface area (Å²) in [5.74, 6) is 0.213. The number of carbonyl (C=O) groups excluding carboxylic acids is 1. The van der Waals surface area contributed by atoms with E-state index in [1.807, 2.05) is 61.5 Å². The van der Waals surface area contributed by atoms with Crippen molar-refractivity contribution >= 4 is 23.2 Å². The number of hydrogen-bond acceptors (Lipinski definition) is 4. The van der Waals surface area contributed by atoms with Crippen LogP contribution in [0.2, 0.25) is 0 Å². The Bertz CT molecular complexity index is 801. The molecule has 1 aromatic heterocycles. The first-order chi connectivity index (χ1) is 11.2. The summed E-state index contributed by atoms with van der Waals surface area (Å²) in [5, 5.41) is 5.90. The Morgan fingerprint density at radius 2 is 1.61 bits per heavy atom. The van der Waals surface area contributed by atoms with Gasteiger partial charge in [-0.2, -0.15) is 0 Å². The third-order valence-corrected chi connectivity index (χ3v) is 3.22. The topological polar surface area (TPSA) is 66.9 Å². The Balaban J connectivity index is 1.68. The Hall–Kier alpha value is -3.21. The quantitative estimate of drug-likeness (QED) is 0.769. The number of aryl methyl sites for hydroxylation is 1. The molecule has 0 fully saturated rings. The molecular weight excluding hydrogens is 288 g/mol. The van der Waals surface area contributed by atoms with Gasteiger partial charge in [0.05, 0.1) is 5.56 Å². The zero-order chi connectivity index (χ0) is 16.1. The molecule has 0 unspecified atom stereocenters. The van der Waals surface area contributed by atoms with Crippen molar-refractivity contribution in [1.82, 2.24) is 9.97 Å². The van der Waals surface area contributed by atoms with Gasteiger partial charge in [-0.25, -0.2) is 9.97 Å². The largest absolute Gasteiger partial charge is 0.324 e. The van der Waals surface area contributed by atoms with Crippen LogP contribution in [-0.2, 0) is 0 Å². The van der Waals surface area contributed by atoms with E-state index in [9.17, 15) is 4.79 Å². The number of nitrogens with one attached hydrogen (secondary N) is 2. The van der Waals surface area contributed by atoms with Gasteiger partial charge in [0.15, 0.2) is 0 Å². The molecule has 0 saturated heterocycles. The van der Waals surface area contributed by atoms with E-state index < -0.39 is 0 Å². The van der Waals surface area contributed by atoms with Crippen LogP contribution in [-0.4, -0.2) is 15.9 Å². The van der Waals surface area contributed by atoms with Gasteiger partial charge >= 0.3 is 0 Å². The lowest BCUT2D eigenvalue weighted by Gasteiger charge is -2.07. The van der Waals surface area contributed by atoms with Gasteiger partial charge in [-0.15, -0.1) is 0 Å². The molecule has 2 aromatic carbocycles. The fourth-order valence-electron chi connectivity index (χ4n) is 2.09. The molecule has 0 atom stereocenters. The average Bonchev–Trinajstić information content (AvgIpc) is 2.56. The number of nitrogens with zero attached hydrogens (tertiary/aromatic N) is 2. The summed E-state index contributed by atoms with van der Waals surface area (Å²) in [6, 6.07) is 17.2. The molecule has 0 aliphatic carbocycles. The van der Waals surface area contributed by atoms with E-state index >= 15 is 0 Å². The molecular formula is C18H16N4O. The van der Waals surface area contributed by atoms with E-state index in [1.54, 1.807) is 0 Å². The second-order valence-electron chi connectivity index (χ2n) is 5.11. The van der Waals surface area contributed by atoms with Crippen LogP contribution in [0.15, 0.2) is 67.0 Å². The molecule has 3 rings (SSSR count). The highest BCUT2D eigenvalue weighted by atomic mass is 16.1. The number of rotatable bonds is 4. The van der Waals surface area contributed by atoms with E-state index in [4.69, 9.17) is 0 Å². The smallest absolute Gasteiger partial charge is 0.258 e. The molecule has 0 aliphatic heterocycles. The first-order valence-corrected chi connectivity index (χ1v) is 7.23. The first kappa shape index (κ1) is 14.7. The molecule has 1 amide bonds. The van der Waals surface area contributed by atoms with Crippen LogP contribution in [0.1, 0.15) is 15.9 Å². The summed E-state index contributed by atoms with van der Waals surface area (Å²) in [7, 11) is 0. The van der Waals surface area contributed by atoms with Crippen LogP contribution in [0, 0.1) is 6.92 Å². The SMILES string of the molecule is Cc1cccc(NC(=O)c2cnc(Nc3ccccc3)nc2)c1. The van der Waals surface area contributed by atoms with Crippen LogP contribution < -0.4 is 10.6 Å². The van der Waals surface area contributed by atoms with Gasteiger partial charge in [-0.1, -0.05) is 30.3 Å². The Kier molecular flexibility index (Phi) is 4.29. The summed E-state index contributed by atoms with van der Waals surface area (Å²) in [6.45, 7) is 1.98. The van der Waals surface area contributed by atoms with Gasteiger partial charge in [0.2, 0.25) is 5.95 Å². The van der Waals surface area contributed by atoms with Crippen LogP contribution in [0.25, 0.3) is 0 Å². The summed E-state index contributed by atoms with van der Waals surface area (Å²) >= 11 is 0. The van der Waals surface area contributed by atoms with Gasteiger partial charge < -0.3 is 10.6 Å². The van der Waals surface area contributed by atoms with Crippen molar-refractivity contribution in [2.45, 2.75) is 6.92 Å². The summed E-state index contributed by atoms with van der Waals surface area (Å²) < 4.78 is 0. The van der Waals surface area contributed by atoms with Crippen molar-refractivity contribution in [3.63, 3.8) is 0 Å². The predicted molar refractivity (Wildman–Crippen MR) is 90.9 cm³/mol. The van der Waals surface area contributed by atoms with Crippen LogP contribution in [0.3, 0.4) is 0 Å². The standard InChI is InChI=1S/C18H16N4O/c1-13-6-5-9-16(10-13)21-17(23)14-11-19-18(20-12-14)22-15-7-3-2-4-8-15/h2-12H,1H3,(H,21,23)(H,19,20,22). The van der Waals surface area contributed by atoms with E-state index in [0.717, 1.165) is 16.9 Å². The molecule has 0 radical (unpaired) electrons. The van der Waals surface area contributed by atoms with Crippen molar-refractivity contribution in [2.75, 3.05) is 10.6 Å². The summed E-state index contributed by atoms with van der Waals surface area (Å²) in [4.78, 5) is 20.5. The van der Waals surface area contributed by atoms with E-state index in [1.165, 1.54) is 12.4 Å². The summed E-state index contributed by atoms with van der Waals surface area (Å²) in [6.07, 6.45) is 3.01. The third-order valence-electron chi connectivity index (χ3n) is 3.22. The maximum absolute atomic E-state index is 12.2. The Labute approximate surface area is 134 Å². The molecule has 3 aromatic rings. The second kappa shape index (κ2) is 6.70. The zero-order valence-electron chi connectivity index (χ0n) is 12.7. The molecule has 0 saturated carbocycles. The fourth-order valence-corrected chi connectivity index (χ4v) is 2.09. The minimum atomic E-state index is -0.234. The number of amides is 1. The Morgan fingerprint density at radius 1 is 0.913 bits per heavy atom. The molecule has 5 heteroatoms. The molecule has 5 nitrogen and oxygen atoms in total. The van der Waals surface area contributed by atoms with Gasteiger partial charge in [0, 0.05) is 23.8 Å². The first-order valence-electron chi connectivity index (χ1n) is 7.23. The molecule has 23 heavy (non-hydrogen) atoms. The van der Waals surface area contributed by atoms with Crippen molar-refractivity contribution in [3.05, 3.63) is 78.1 Å². The van der Waals surface area contributed by atoms with E-state index in [0.29, 0.717) is 11.5 Å². The highest BCUT2D eigenvalue weighted by molar-refractivity contribution is 6.03. The van der Waals surface area contributed by atoms with E-state index in [-0.39, 0.29) is 5.91 Å². The molecule has 114 valence electrons. The molecule has 2 N–H and O–H groups in total. The van der Waals surface area contributed by atoms with Crippen LogP contribution >= 0.6 is 0 Å². The van der Waals surface area contributed by atoms with E-state index in [2.05, 4.69) is 20.6 Å². The van der Waals surface area contributed by atoms with Gasteiger partial charge in [0.25, 0.3) is 5.91 Å². The molecule has 0 bridgehead atoms. The minimum absolute atomic E-state index is 0.234. The number of anilines is 3. The number of hydrogen-bond donors (Lipinski definition) is 2. The molecule has 0 spiro atoms. The lowest BCUT2D eigenvalue weighted by Crippen LogP contribution is -2.13. The number of carbonyl (C=O) groups is 1. The van der Waals surface area contributed by atoms with Gasteiger partial charge in [-0.3, -0.25) is 4.79 Å². The number of para-hydroxylation sites is 1. The number of benzene rings is 2. The third kappa shape index (κ3) is 3.91. The van der Waals surface area contributed by atoms with Crippen molar-refractivity contribution in [3.8, 4) is 0 Å².